The second kappa shape index (κ2) is 12.0. The van der Waals surface area contributed by atoms with Gasteiger partial charge < -0.3 is 10.1 Å². The Morgan fingerprint density at radius 1 is 0.970 bits per heavy atom. The van der Waals surface area contributed by atoms with Crippen LogP contribution in [-0.2, 0) is 14.8 Å². The molecule has 0 spiro atoms. The first kappa shape index (κ1) is 25.0. The first-order valence-corrected chi connectivity index (χ1v) is 13.5. The molecule has 0 bridgehead atoms. The number of amides is 1. The lowest BCUT2D eigenvalue weighted by molar-refractivity contribution is -0.119. The molecule has 3 aromatic rings. The van der Waals surface area contributed by atoms with E-state index in [0.717, 1.165) is 27.6 Å². The van der Waals surface area contributed by atoms with E-state index in [1.54, 1.807) is 36.0 Å². The van der Waals surface area contributed by atoms with Crippen molar-refractivity contribution in [1.29, 1.82) is 0 Å². The molecule has 174 valence electrons. The highest BCUT2D eigenvalue weighted by atomic mass is 35.5. The first-order chi connectivity index (χ1) is 15.8. The van der Waals surface area contributed by atoms with Crippen molar-refractivity contribution >= 4 is 45.0 Å². The summed E-state index contributed by atoms with van der Waals surface area (Å²) in [7, 11) is -3.64. The molecule has 0 unspecified atom stereocenters. The number of carbonyl (C=O) groups is 1. The van der Waals surface area contributed by atoms with Gasteiger partial charge in [-0.2, -0.15) is 0 Å². The van der Waals surface area contributed by atoms with Gasteiger partial charge in [-0.3, -0.25) is 9.10 Å². The minimum Gasteiger partial charge on any atom is -0.457 e. The molecule has 9 heteroatoms. The molecule has 0 heterocycles. The second-order valence-corrected chi connectivity index (χ2v) is 10.7. The molecule has 6 nitrogen and oxygen atoms in total. The third-order valence-electron chi connectivity index (χ3n) is 4.52. The van der Waals surface area contributed by atoms with Crippen LogP contribution in [0.5, 0.6) is 11.5 Å². The van der Waals surface area contributed by atoms with E-state index >= 15 is 0 Å². The molecular formula is C24H25ClN2O4S2. The molecule has 0 fully saturated rings. The average molecular weight is 505 g/mol. The summed E-state index contributed by atoms with van der Waals surface area (Å²) >= 11 is 7.55. The molecule has 1 N–H and O–H groups in total. The van der Waals surface area contributed by atoms with E-state index in [1.165, 1.54) is 0 Å². The number of halogens is 1. The molecule has 0 aliphatic carbocycles. The molecule has 1 amide bonds. The minimum atomic E-state index is -3.64. The fourth-order valence-electron chi connectivity index (χ4n) is 2.91. The van der Waals surface area contributed by atoms with Crippen molar-refractivity contribution in [3.63, 3.8) is 0 Å². The van der Waals surface area contributed by atoms with Crippen LogP contribution < -0.4 is 14.4 Å². The fourth-order valence-corrected chi connectivity index (χ4v) is 4.75. The predicted octanol–water partition coefficient (Wildman–Crippen LogP) is 5.20. The standard InChI is InChI=1S/C24H25ClN2O4S2/c1-33(29,30)27(20-10-12-22(13-11-20)31-21-6-3-2-4-7-21)18-24(28)26-16-5-17-32-23-14-8-19(25)9-15-23/h2-4,6-15H,5,16-18H2,1H3,(H,26,28). The zero-order valence-electron chi connectivity index (χ0n) is 18.1. The Bertz CT molecular complexity index is 1140. The van der Waals surface area contributed by atoms with Gasteiger partial charge in [0.1, 0.15) is 18.0 Å². The molecule has 0 aliphatic heterocycles. The molecule has 3 rings (SSSR count). The highest BCUT2D eigenvalue weighted by Crippen LogP contribution is 2.25. The van der Waals surface area contributed by atoms with E-state index in [9.17, 15) is 13.2 Å². The van der Waals surface area contributed by atoms with Gasteiger partial charge in [-0.15, -0.1) is 11.8 Å². The molecule has 0 saturated heterocycles. The van der Waals surface area contributed by atoms with Crippen LogP contribution in [0, 0.1) is 0 Å². The Labute approximate surface area is 204 Å². The number of nitrogens with one attached hydrogen (secondary N) is 1. The molecule has 3 aromatic carbocycles. The van der Waals surface area contributed by atoms with Gasteiger partial charge in [-0.1, -0.05) is 29.8 Å². The van der Waals surface area contributed by atoms with Crippen LogP contribution in [0.3, 0.4) is 0 Å². The maximum absolute atomic E-state index is 12.4. The lowest BCUT2D eigenvalue weighted by Crippen LogP contribution is -2.40. The van der Waals surface area contributed by atoms with Crippen LogP contribution in [0.2, 0.25) is 5.02 Å². The largest absolute Gasteiger partial charge is 0.457 e. The number of hydrogen-bond acceptors (Lipinski definition) is 5. The highest BCUT2D eigenvalue weighted by molar-refractivity contribution is 7.99. The highest BCUT2D eigenvalue weighted by Gasteiger charge is 2.20. The van der Waals surface area contributed by atoms with Crippen LogP contribution in [0.15, 0.2) is 83.8 Å². The van der Waals surface area contributed by atoms with Gasteiger partial charge in [0, 0.05) is 16.5 Å². The number of para-hydroxylation sites is 1. The van der Waals surface area contributed by atoms with E-state index in [1.807, 2.05) is 54.6 Å². The van der Waals surface area contributed by atoms with Gasteiger partial charge in [0.15, 0.2) is 0 Å². The predicted molar refractivity (Wildman–Crippen MR) is 135 cm³/mol. The summed E-state index contributed by atoms with van der Waals surface area (Å²) in [5.74, 6) is 1.71. The quantitative estimate of drug-likeness (QED) is 0.287. The van der Waals surface area contributed by atoms with Gasteiger partial charge in [0.25, 0.3) is 0 Å². The third kappa shape index (κ3) is 8.31. The van der Waals surface area contributed by atoms with Gasteiger partial charge >= 0.3 is 0 Å². The summed E-state index contributed by atoms with van der Waals surface area (Å²) in [5, 5.41) is 3.49. The Kier molecular flexibility index (Phi) is 9.05. The zero-order chi connectivity index (χ0) is 23.7. The van der Waals surface area contributed by atoms with Crippen molar-refractivity contribution < 1.29 is 17.9 Å². The molecular weight excluding hydrogens is 480 g/mol. The van der Waals surface area contributed by atoms with Crippen molar-refractivity contribution in [1.82, 2.24) is 5.32 Å². The number of anilines is 1. The monoisotopic (exact) mass is 504 g/mol. The average Bonchev–Trinajstić information content (AvgIpc) is 2.79. The summed E-state index contributed by atoms with van der Waals surface area (Å²) in [6.07, 6.45) is 1.83. The molecule has 0 aromatic heterocycles. The van der Waals surface area contributed by atoms with E-state index in [-0.39, 0.29) is 12.5 Å². The number of ether oxygens (including phenoxy) is 1. The van der Waals surface area contributed by atoms with Gasteiger partial charge in [-0.05, 0) is 72.8 Å². The molecule has 0 saturated carbocycles. The Morgan fingerprint density at radius 3 is 2.24 bits per heavy atom. The van der Waals surface area contributed by atoms with Gasteiger partial charge in [0.2, 0.25) is 15.9 Å². The number of carbonyl (C=O) groups excluding carboxylic acids is 1. The smallest absolute Gasteiger partial charge is 0.240 e. The van der Waals surface area contributed by atoms with E-state index in [4.69, 9.17) is 16.3 Å². The molecule has 0 aliphatic rings. The number of nitrogens with zero attached hydrogens (tertiary/aromatic N) is 1. The minimum absolute atomic E-state index is 0.290. The Hall–Kier alpha value is -2.68. The van der Waals surface area contributed by atoms with E-state index in [0.29, 0.717) is 28.8 Å². The van der Waals surface area contributed by atoms with E-state index < -0.39 is 10.0 Å². The van der Waals surface area contributed by atoms with Crippen LogP contribution in [0.4, 0.5) is 5.69 Å². The number of thioether (sulfide) groups is 1. The SMILES string of the molecule is CS(=O)(=O)N(CC(=O)NCCCSc1ccc(Cl)cc1)c1ccc(Oc2ccccc2)cc1. The third-order valence-corrected chi connectivity index (χ3v) is 7.01. The molecule has 0 atom stereocenters. The van der Waals surface area contributed by atoms with Crippen molar-refractivity contribution in [2.75, 3.05) is 29.4 Å². The van der Waals surface area contributed by atoms with Crippen LogP contribution >= 0.6 is 23.4 Å². The normalized spacial score (nSPS) is 11.1. The van der Waals surface area contributed by atoms with Gasteiger partial charge in [-0.25, -0.2) is 8.42 Å². The Morgan fingerprint density at radius 2 is 1.61 bits per heavy atom. The van der Waals surface area contributed by atoms with Crippen molar-refractivity contribution in [2.45, 2.75) is 11.3 Å². The van der Waals surface area contributed by atoms with E-state index in [2.05, 4.69) is 5.32 Å². The van der Waals surface area contributed by atoms with Crippen LogP contribution in [0.25, 0.3) is 0 Å². The summed E-state index contributed by atoms with van der Waals surface area (Å²) in [6, 6.07) is 23.4. The molecule has 0 radical (unpaired) electrons. The second-order valence-electron chi connectivity index (χ2n) is 7.18. The summed E-state index contributed by atoms with van der Waals surface area (Å²) in [4.78, 5) is 13.5. The summed E-state index contributed by atoms with van der Waals surface area (Å²) < 4.78 is 31.4. The number of benzene rings is 3. The lowest BCUT2D eigenvalue weighted by atomic mass is 10.3. The maximum Gasteiger partial charge on any atom is 0.240 e. The first-order valence-electron chi connectivity index (χ1n) is 10.3. The van der Waals surface area contributed by atoms with Crippen LogP contribution in [0.1, 0.15) is 6.42 Å². The zero-order valence-corrected chi connectivity index (χ0v) is 20.5. The van der Waals surface area contributed by atoms with Crippen molar-refractivity contribution in [2.24, 2.45) is 0 Å². The maximum atomic E-state index is 12.4. The molecule has 33 heavy (non-hydrogen) atoms. The number of sulfonamides is 1. The van der Waals surface area contributed by atoms with Gasteiger partial charge in [0.05, 0.1) is 11.9 Å². The number of rotatable bonds is 11. The summed E-state index contributed by atoms with van der Waals surface area (Å²) in [6.45, 7) is 0.170. The summed E-state index contributed by atoms with van der Waals surface area (Å²) in [5.41, 5.74) is 0.395. The van der Waals surface area contributed by atoms with Crippen molar-refractivity contribution in [3.8, 4) is 11.5 Å². The van der Waals surface area contributed by atoms with Crippen molar-refractivity contribution in [3.05, 3.63) is 83.9 Å². The topological polar surface area (TPSA) is 75.7 Å². The Balaban J connectivity index is 1.50. The fraction of sp³-hybridized carbons (Fsp3) is 0.208. The van der Waals surface area contributed by atoms with Crippen LogP contribution in [-0.4, -0.2) is 39.4 Å². The lowest BCUT2D eigenvalue weighted by Gasteiger charge is -2.22. The number of hydrogen-bond donors (Lipinski definition) is 1.